The van der Waals surface area contributed by atoms with Gasteiger partial charge < -0.3 is 14.5 Å². The van der Waals surface area contributed by atoms with Gasteiger partial charge in [-0.3, -0.25) is 14.2 Å². The lowest BCUT2D eigenvalue weighted by Gasteiger charge is -2.19. The number of hydrogen-bond donors (Lipinski definition) is 1. The van der Waals surface area contributed by atoms with Crippen LogP contribution >= 0.6 is 11.6 Å². The lowest BCUT2D eigenvalue weighted by atomic mass is 10.1. The minimum atomic E-state index is -0.459. The van der Waals surface area contributed by atoms with Gasteiger partial charge in [0.1, 0.15) is 17.0 Å². The number of carbonyl (C=O) groups excluding carboxylic acids is 1. The summed E-state index contributed by atoms with van der Waals surface area (Å²) in [6.07, 6.45) is 4.94. The van der Waals surface area contributed by atoms with E-state index in [2.05, 4.69) is 4.98 Å². The second-order valence-corrected chi connectivity index (χ2v) is 11.9. The van der Waals surface area contributed by atoms with Crippen molar-refractivity contribution >= 4 is 17.6 Å². The number of imidazole rings is 1. The Morgan fingerprint density at radius 1 is 0.930 bits per heavy atom. The van der Waals surface area contributed by atoms with Crippen molar-refractivity contribution < 1.29 is 14.3 Å². The number of esters is 1. The zero-order valence-electron chi connectivity index (χ0n) is 24.7. The van der Waals surface area contributed by atoms with Crippen LogP contribution in [0.2, 0.25) is 5.02 Å². The Labute approximate surface area is 256 Å². The highest BCUT2D eigenvalue weighted by Crippen LogP contribution is 2.30. The van der Waals surface area contributed by atoms with E-state index in [1.807, 2.05) is 106 Å². The molecule has 0 saturated carbocycles. The summed E-state index contributed by atoms with van der Waals surface area (Å²) in [7, 11) is 0. The topological polar surface area (TPSA) is 86.2 Å². The normalized spacial score (nSPS) is 11.5. The van der Waals surface area contributed by atoms with Gasteiger partial charge in [-0.25, -0.2) is 4.98 Å². The van der Waals surface area contributed by atoms with Crippen molar-refractivity contribution in [2.24, 2.45) is 0 Å². The van der Waals surface area contributed by atoms with E-state index < -0.39 is 5.60 Å². The SMILES string of the molecule is CC(C)(C)OC(=O)CCCCCOc1ccc(Cc2nc3c(-c4ccccc4)[nH]c(-c4ccccc4)cn-3c2=O)cc1Cl. The van der Waals surface area contributed by atoms with Crippen LogP contribution in [0.4, 0.5) is 0 Å². The molecule has 1 N–H and O–H groups in total. The third kappa shape index (κ3) is 7.73. The Morgan fingerprint density at radius 2 is 1.63 bits per heavy atom. The summed E-state index contributed by atoms with van der Waals surface area (Å²) in [4.78, 5) is 33.7. The molecule has 7 nitrogen and oxygen atoms in total. The summed E-state index contributed by atoms with van der Waals surface area (Å²) in [5, 5.41) is 0.479. The number of halogens is 1. The quantitative estimate of drug-likeness (QED) is 0.124. The molecule has 43 heavy (non-hydrogen) atoms. The van der Waals surface area contributed by atoms with E-state index in [1.165, 1.54) is 0 Å². The molecule has 0 fully saturated rings. The van der Waals surface area contributed by atoms with E-state index in [0.717, 1.165) is 47.3 Å². The second kappa shape index (κ2) is 13.3. The van der Waals surface area contributed by atoms with Crippen molar-refractivity contribution in [2.75, 3.05) is 6.61 Å². The molecule has 2 heterocycles. The average Bonchev–Trinajstić information content (AvgIpc) is 3.30. The Morgan fingerprint density at radius 3 is 2.30 bits per heavy atom. The zero-order valence-corrected chi connectivity index (χ0v) is 25.5. The van der Waals surface area contributed by atoms with Crippen LogP contribution < -0.4 is 10.3 Å². The number of unbranched alkanes of at least 4 members (excludes halogenated alkanes) is 2. The first-order chi connectivity index (χ1) is 20.7. The maximum absolute atomic E-state index is 13.6. The largest absolute Gasteiger partial charge is 0.492 e. The summed E-state index contributed by atoms with van der Waals surface area (Å²) < 4.78 is 12.9. The predicted octanol–water partition coefficient (Wildman–Crippen LogP) is 7.86. The van der Waals surface area contributed by atoms with E-state index in [1.54, 1.807) is 4.57 Å². The van der Waals surface area contributed by atoms with Crippen molar-refractivity contribution in [3.05, 3.63) is 112 Å². The van der Waals surface area contributed by atoms with Crippen LogP contribution in [0.15, 0.2) is 89.9 Å². The highest BCUT2D eigenvalue weighted by Gasteiger charge is 2.21. The van der Waals surface area contributed by atoms with Crippen LogP contribution in [0.5, 0.6) is 5.75 Å². The molecule has 0 spiro atoms. The van der Waals surface area contributed by atoms with Gasteiger partial charge in [0, 0.05) is 24.6 Å². The van der Waals surface area contributed by atoms with Gasteiger partial charge in [-0.1, -0.05) is 78.3 Å². The number of H-pyrrole nitrogens is 1. The molecule has 2 aliphatic heterocycles. The van der Waals surface area contributed by atoms with Crippen molar-refractivity contribution in [3.63, 3.8) is 0 Å². The zero-order chi connectivity index (χ0) is 30.4. The number of hydrogen-bond acceptors (Lipinski definition) is 5. The van der Waals surface area contributed by atoms with Crippen LogP contribution in [0.3, 0.4) is 0 Å². The summed E-state index contributed by atoms with van der Waals surface area (Å²) in [5.41, 5.74) is 4.19. The minimum absolute atomic E-state index is 0.166. The van der Waals surface area contributed by atoms with Gasteiger partial charge in [0.15, 0.2) is 5.82 Å². The molecule has 222 valence electrons. The molecule has 0 radical (unpaired) electrons. The first-order valence-corrected chi connectivity index (χ1v) is 14.9. The highest BCUT2D eigenvalue weighted by atomic mass is 35.5. The first kappa shape index (κ1) is 30.1. The lowest BCUT2D eigenvalue weighted by molar-refractivity contribution is -0.154. The number of fused-ring (bicyclic) bond motifs is 1. The monoisotopic (exact) mass is 597 g/mol. The van der Waals surface area contributed by atoms with Crippen LogP contribution in [-0.4, -0.2) is 32.7 Å². The second-order valence-electron chi connectivity index (χ2n) is 11.5. The molecule has 8 heteroatoms. The van der Waals surface area contributed by atoms with Gasteiger partial charge in [0.2, 0.25) is 0 Å². The van der Waals surface area contributed by atoms with Gasteiger partial charge in [-0.05, 0) is 63.3 Å². The number of nitrogens with zero attached hydrogens (tertiary/aromatic N) is 2. The molecule has 0 aromatic heterocycles. The number of ether oxygens (including phenoxy) is 2. The fraction of sp³-hybridized carbons (Fsp3) is 0.286. The van der Waals surface area contributed by atoms with Crippen molar-refractivity contribution in [2.45, 2.75) is 58.5 Å². The Kier molecular flexibility index (Phi) is 9.31. The molecule has 3 aromatic rings. The van der Waals surface area contributed by atoms with E-state index in [4.69, 9.17) is 26.1 Å². The number of nitrogens with one attached hydrogen (secondary N) is 1. The fourth-order valence-corrected chi connectivity index (χ4v) is 5.14. The smallest absolute Gasteiger partial charge is 0.306 e. The fourth-order valence-electron chi connectivity index (χ4n) is 4.89. The molecule has 3 aromatic carbocycles. The number of carbonyl (C=O) groups is 1. The van der Waals surface area contributed by atoms with E-state index in [0.29, 0.717) is 41.7 Å². The third-order valence-electron chi connectivity index (χ3n) is 6.89. The maximum Gasteiger partial charge on any atom is 0.306 e. The molecule has 2 aliphatic rings. The molecule has 5 rings (SSSR count). The van der Waals surface area contributed by atoms with E-state index in [-0.39, 0.29) is 11.5 Å². The first-order valence-electron chi connectivity index (χ1n) is 14.6. The van der Waals surface area contributed by atoms with Gasteiger partial charge in [-0.15, -0.1) is 0 Å². The maximum atomic E-state index is 13.6. The molecule has 0 saturated heterocycles. The van der Waals surface area contributed by atoms with Crippen molar-refractivity contribution in [1.82, 2.24) is 14.5 Å². The number of aromatic amines is 1. The summed E-state index contributed by atoms with van der Waals surface area (Å²) >= 11 is 6.56. The number of aromatic nitrogens is 3. The summed E-state index contributed by atoms with van der Waals surface area (Å²) in [5.74, 6) is 0.983. The molecule has 0 atom stereocenters. The minimum Gasteiger partial charge on any atom is -0.492 e. The molecular formula is C35H36ClN3O4. The van der Waals surface area contributed by atoms with Crippen LogP contribution in [0.1, 0.15) is 57.7 Å². The van der Waals surface area contributed by atoms with Gasteiger partial charge in [-0.2, -0.15) is 0 Å². The molecular weight excluding hydrogens is 562 g/mol. The highest BCUT2D eigenvalue weighted by molar-refractivity contribution is 6.32. The lowest BCUT2D eigenvalue weighted by Crippen LogP contribution is -2.23. The van der Waals surface area contributed by atoms with Crippen LogP contribution in [0, 0.1) is 0 Å². The van der Waals surface area contributed by atoms with E-state index >= 15 is 0 Å². The van der Waals surface area contributed by atoms with Crippen molar-refractivity contribution in [3.8, 4) is 34.1 Å². The number of benzene rings is 3. The number of rotatable bonds is 11. The van der Waals surface area contributed by atoms with E-state index in [9.17, 15) is 9.59 Å². The molecule has 0 bridgehead atoms. The van der Waals surface area contributed by atoms with Crippen molar-refractivity contribution in [1.29, 1.82) is 0 Å². The molecule has 0 unspecified atom stereocenters. The van der Waals surface area contributed by atoms with Crippen LogP contribution in [0.25, 0.3) is 28.3 Å². The van der Waals surface area contributed by atoms with Crippen LogP contribution in [-0.2, 0) is 16.0 Å². The molecule has 0 amide bonds. The van der Waals surface area contributed by atoms with Gasteiger partial charge >= 0.3 is 5.97 Å². The Hall–Kier alpha value is -4.36. The summed E-state index contributed by atoms with van der Waals surface area (Å²) in [6, 6.07) is 25.4. The Bertz CT molecular complexity index is 1710. The standard InChI is InChI=1S/C35H36ClN3O4/c1-35(2,3)43-31(40)17-11-6-12-20-42-30-19-18-24(21-27(30)36)22-28-34(41)39-23-29(25-13-7-4-8-14-25)37-32(33(39)38-28)26-15-9-5-10-16-26/h4-5,7-10,13-16,18-19,21,23,37H,6,11-12,17,20,22H2,1-3H3. The van der Waals surface area contributed by atoms with Gasteiger partial charge in [0.25, 0.3) is 5.56 Å². The summed E-state index contributed by atoms with van der Waals surface area (Å²) in [6.45, 7) is 6.10. The predicted molar refractivity (Wildman–Crippen MR) is 170 cm³/mol. The Balaban J connectivity index is 1.28. The average molecular weight is 598 g/mol. The third-order valence-corrected chi connectivity index (χ3v) is 7.19. The van der Waals surface area contributed by atoms with Gasteiger partial charge in [0.05, 0.1) is 23.0 Å². The molecule has 0 aliphatic carbocycles.